The summed E-state index contributed by atoms with van der Waals surface area (Å²) in [6.07, 6.45) is 4.14. The number of nitriles is 1. The first-order valence-electron chi connectivity index (χ1n) is 7.75. The molecular weight excluding hydrogens is 288 g/mol. The van der Waals surface area contributed by atoms with Gasteiger partial charge in [0.05, 0.1) is 16.6 Å². The van der Waals surface area contributed by atoms with Crippen molar-refractivity contribution in [3.8, 4) is 6.07 Å². The standard InChI is InChI=1S/C18H16N4O/c19-12-13(18-20-15-5-1-2-6-16(15)21-18)11-14-7-8-17(23-14)22-9-3-4-10-22/h1-2,5-8,11H,3-4,9-10H2,(H,20,21)/b13-11-. The maximum atomic E-state index is 9.45. The van der Waals surface area contributed by atoms with E-state index < -0.39 is 0 Å². The Bertz CT molecular complexity index is 873. The van der Waals surface area contributed by atoms with E-state index in [1.165, 1.54) is 12.8 Å². The van der Waals surface area contributed by atoms with Crippen LogP contribution in [0, 0.1) is 11.3 Å². The van der Waals surface area contributed by atoms with Crippen LogP contribution in [-0.2, 0) is 0 Å². The molecule has 1 N–H and O–H groups in total. The molecule has 1 fully saturated rings. The lowest BCUT2D eigenvalue weighted by molar-refractivity contribution is 0.548. The number of aromatic amines is 1. The van der Waals surface area contributed by atoms with Gasteiger partial charge < -0.3 is 14.3 Å². The van der Waals surface area contributed by atoms with Crippen molar-refractivity contribution in [1.29, 1.82) is 5.26 Å². The molecule has 0 radical (unpaired) electrons. The maximum absolute atomic E-state index is 9.45. The van der Waals surface area contributed by atoms with Gasteiger partial charge in [0, 0.05) is 25.2 Å². The van der Waals surface area contributed by atoms with Crippen LogP contribution >= 0.6 is 0 Å². The third-order valence-corrected chi connectivity index (χ3v) is 4.08. The monoisotopic (exact) mass is 304 g/mol. The Kier molecular flexibility index (Phi) is 3.35. The Hall–Kier alpha value is -3.00. The first-order chi connectivity index (χ1) is 11.3. The second-order valence-corrected chi connectivity index (χ2v) is 5.64. The molecule has 0 atom stereocenters. The van der Waals surface area contributed by atoms with E-state index in [1.807, 2.05) is 36.4 Å². The highest BCUT2D eigenvalue weighted by molar-refractivity contribution is 5.89. The average Bonchev–Trinajstić information content (AvgIpc) is 3.30. The smallest absolute Gasteiger partial charge is 0.196 e. The van der Waals surface area contributed by atoms with E-state index in [0.717, 1.165) is 30.0 Å². The van der Waals surface area contributed by atoms with E-state index in [0.29, 0.717) is 17.2 Å². The topological polar surface area (TPSA) is 68.8 Å². The van der Waals surface area contributed by atoms with Crippen molar-refractivity contribution in [2.24, 2.45) is 0 Å². The highest BCUT2D eigenvalue weighted by Gasteiger charge is 2.16. The molecule has 4 rings (SSSR count). The third kappa shape index (κ3) is 2.59. The molecule has 0 aliphatic carbocycles. The van der Waals surface area contributed by atoms with Gasteiger partial charge in [-0.25, -0.2) is 4.98 Å². The normalized spacial score (nSPS) is 15.3. The number of allylic oxidation sites excluding steroid dienone is 1. The molecule has 23 heavy (non-hydrogen) atoms. The molecule has 1 saturated heterocycles. The molecule has 5 nitrogen and oxygen atoms in total. The lowest BCUT2D eigenvalue weighted by atomic mass is 10.2. The lowest BCUT2D eigenvalue weighted by Gasteiger charge is -2.12. The minimum absolute atomic E-state index is 0.462. The van der Waals surface area contributed by atoms with Crippen LogP contribution in [0.3, 0.4) is 0 Å². The number of benzene rings is 1. The van der Waals surface area contributed by atoms with Crippen LogP contribution in [0.4, 0.5) is 5.88 Å². The highest BCUT2D eigenvalue weighted by atomic mass is 16.4. The van der Waals surface area contributed by atoms with Crippen molar-refractivity contribution in [3.05, 3.63) is 48.0 Å². The van der Waals surface area contributed by atoms with E-state index in [1.54, 1.807) is 6.08 Å². The van der Waals surface area contributed by atoms with Gasteiger partial charge in [0.1, 0.15) is 17.7 Å². The molecule has 1 aliphatic rings. The van der Waals surface area contributed by atoms with E-state index in [2.05, 4.69) is 20.9 Å². The van der Waals surface area contributed by atoms with Crippen molar-refractivity contribution in [3.63, 3.8) is 0 Å². The van der Waals surface area contributed by atoms with E-state index in [4.69, 9.17) is 4.42 Å². The van der Waals surface area contributed by atoms with Gasteiger partial charge in [-0.3, -0.25) is 0 Å². The van der Waals surface area contributed by atoms with Gasteiger partial charge in [0.15, 0.2) is 5.88 Å². The molecule has 5 heteroatoms. The van der Waals surface area contributed by atoms with Crippen LogP contribution < -0.4 is 4.90 Å². The first kappa shape index (κ1) is 13.6. The first-order valence-corrected chi connectivity index (χ1v) is 7.75. The molecule has 0 spiro atoms. The van der Waals surface area contributed by atoms with Gasteiger partial charge in [-0.05, 0) is 31.0 Å². The molecule has 3 aromatic rings. The fraction of sp³-hybridized carbons (Fsp3) is 0.222. The van der Waals surface area contributed by atoms with Crippen LogP contribution in [0.1, 0.15) is 24.4 Å². The Labute approximate surface area is 133 Å². The average molecular weight is 304 g/mol. The SMILES string of the molecule is N#C/C(=C/c1ccc(N2CCCC2)o1)c1nc2ccccc2[nH]1. The predicted molar refractivity (Wildman–Crippen MR) is 89.7 cm³/mol. The van der Waals surface area contributed by atoms with Gasteiger partial charge in [-0.1, -0.05) is 12.1 Å². The number of H-pyrrole nitrogens is 1. The van der Waals surface area contributed by atoms with Gasteiger partial charge in [-0.15, -0.1) is 0 Å². The molecule has 1 aliphatic heterocycles. The number of hydrogen-bond donors (Lipinski definition) is 1. The minimum atomic E-state index is 0.462. The number of furan rings is 1. The maximum Gasteiger partial charge on any atom is 0.196 e. The van der Waals surface area contributed by atoms with Crippen molar-refractivity contribution < 1.29 is 4.42 Å². The summed E-state index contributed by atoms with van der Waals surface area (Å²) in [7, 11) is 0. The van der Waals surface area contributed by atoms with Crippen LogP contribution in [0.15, 0.2) is 40.8 Å². The summed E-state index contributed by atoms with van der Waals surface area (Å²) >= 11 is 0. The van der Waals surface area contributed by atoms with Gasteiger partial charge in [-0.2, -0.15) is 5.26 Å². The fourth-order valence-corrected chi connectivity index (χ4v) is 2.90. The molecule has 2 aromatic heterocycles. The zero-order chi connectivity index (χ0) is 15.6. The number of rotatable bonds is 3. The second-order valence-electron chi connectivity index (χ2n) is 5.64. The largest absolute Gasteiger partial charge is 0.441 e. The predicted octanol–water partition coefficient (Wildman–Crippen LogP) is 3.82. The number of nitrogens with zero attached hydrogens (tertiary/aromatic N) is 3. The number of imidazole rings is 1. The number of hydrogen-bond acceptors (Lipinski definition) is 4. The minimum Gasteiger partial charge on any atom is -0.441 e. The van der Waals surface area contributed by atoms with E-state index >= 15 is 0 Å². The molecule has 114 valence electrons. The van der Waals surface area contributed by atoms with Crippen LogP contribution in [0.2, 0.25) is 0 Å². The summed E-state index contributed by atoms with van der Waals surface area (Å²) in [5.41, 5.74) is 2.23. The summed E-state index contributed by atoms with van der Waals surface area (Å²) in [5.74, 6) is 2.10. The number of aromatic nitrogens is 2. The highest BCUT2D eigenvalue weighted by Crippen LogP contribution is 2.25. The number of nitrogens with one attached hydrogen (secondary N) is 1. The Morgan fingerprint density at radius 3 is 2.83 bits per heavy atom. The van der Waals surface area contributed by atoms with Crippen molar-refractivity contribution in [2.75, 3.05) is 18.0 Å². The zero-order valence-electron chi connectivity index (χ0n) is 12.6. The fourth-order valence-electron chi connectivity index (χ4n) is 2.90. The summed E-state index contributed by atoms with van der Waals surface area (Å²) in [6, 6.07) is 13.8. The van der Waals surface area contributed by atoms with Gasteiger partial charge in [0.25, 0.3) is 0 Å². The van der Waals surface area contributed by atoms with Crippen molar-refractivity contribution in [2.45, 2.75) is 12.8 Å². The summed E-state index contributed by atoms with van der Waals surface area (Å²) in [4.78, 5) is 9.87. The van der Waals surface area contributed by atoms with Crippen LogP contribution in [0.5, 0.6) is 0 Å². The summed E-state index contributed by atoms with van der Waals surface area (Å²) in [5, 5.41) is 9.45. The number of anilines is 1. The van der Waals surface area contributed by atoms with Crippen molar-refractivity contribution >= 4 is 28.6 Å². The van der Waals surface area contributed by atoms with Crippen LogP contribution in [0.25, 0.3) is 22.7 Å². The van der Waals surface area contributed by atoms with Gasteiger partial charge in [0.2, 0.25) is 0 Å². The molecular formula is C18H16N4O. The second kappa shape index (κ2) is 5.65. The molecule has 0 unspecified atom stereocenters. The Morgan fingerprint density at radius 1 is 1.22 bits per heavy atom. The Morgan fingerprint density at radius 2 is 2.04 bits per heavy atom. The molecule has 0 saturated carbocycles. The lowest BCUT2D eigenvalue weighted by Crippen LogP contribution is -2.16. The van der Waals surface area contributed by atoms with E-state index in [-0.39, 0.29) is 0 Å². The van der Waals surface area contributed by atoms with Crippen molar-refractivity contribution in [1.82, 2.24) is 9.97 Å². The number of para-hydroxylation sites is 2. The number of fused-ring (bicyclic) bond motifs is 1. The van der Waals surface area contributed by atoms with Gasteiger partial charge >= 0.3 is 0 Å². The Balaban J connectivity index is 1.66. The van der Waals surface area contributed by atoms with Crippen LogP contribution in [-0.4, -0.2) is 23.1 Å². The molecule has 0 bridgehead atoms. The summed E-state index contributed by atoms with van der Waals surface area (Å²) in [6.45, 7) is 2.07. The third-order valence-electron chi connectivity index (χ3n) is 4.08. The molecule has 1 aromatic carbocycles. The molecule has 3 heterocycles. The van der Waals surface area contributed by atoms with E-state index in [9.17, 15) is 5.26 Å². The molecule has 0 amide bonds. The quantitative estimate of drug-likeness (QED) is 0.747. The summed E-state index contributed by atoms with van der Waals surface area (Å²) < 4.78 is 5.85. The zero-order valence-corrected chi connectivity index (χ0v) is 12.6.